The molecular formula is C26H22ClN5S. The van der Waals surface area contributed by atoms with Gasteiger partial charge in [0.25, 0.3) is 0 Å². The summed E-state index contributed by atoms with van der Waals surface area (Å²) in [6, 6.07) is 24.3. The molecule has 0 fully saturated rings. The lowest BCUT2D eigenvalue weighted by Gasteiger charge is -2.25. The van der Waals surface area contributed by atoms with Gasteiger partial charge in [-0.05, 0) is 59.6 Å². The van der Waals surface area contributed by atoms with Crippen molar-refractivity contribution in [1.29, 1.82) is 0 Å². The number of hydrogen-bond acceptors (Lipinski definition) is 4. The zero-order valence-electron chi connectivity index (χ0n) is 17.9. The Hall–Kier alpha value is -3.35. The van der Waals surface area contributed by atoms with Crippen molar-refractivity contribution in [3.63, 3.8) is 0 Å². The van der Waals surface area contributed by atoms with Gasteiger partial charge in [0.05, 0.1) is 22.8 Å². The first-order valence-electron chi connectivity index (χ1n) is 10.8. The number of rotatable bonds is 5. The minimum absolute atomic E-state index is 0.0289. The first-order valence-corrected chi connectivity index (χ1v) is 11.6. The Morgan fingerprint density at radius 1 is 0.970 bits per heavy atom. The summed E-state index contributed by atoms with van der Waals surface area (Å²) in [4.78, 5) is 8.86. The Balaban J connectivity index is 1.40. The fourth-order valence-electron chi connectivity index (χ4n) is 4.00. The van der Waals surface area contributed by atoms with E-state index in [9.17, 15) is 0 Å². The predicted molar refractivity (Wildman–Crippen MR) is 137 cm³/mol. The smallest absolute Gasteiger partial charge is 0.190 e. The number of nitrogens with one attached hydrogen (secondary N) is 1. The summed E-state index contributed by atoms with van der Waals surface area (Å²) in [5, 5.41) is 11.5. The van der Waals surface area contributed by atoms with Crippen LogP contribution in [0.1, 0.15) is 29.2 Å². The maximum absolute atomic E-state index is 6.09. The van der Waals surface area contributed by atoms with E-state index in [1.807, 2.05) is 41.4 Å². The monoisotopic (exact) mass is 471 g/mol. The second-order valence-electron chi connectivity index (χ2n) is 7.89. The van der Waals surface area contributed by atoms with Crippen LogP contribution < -0.4 is 5.32 Å². The number of halogens is 1. The molecule has 5 rings (SSSR count). The molecule has 1 atom stereocenters. The van der Waals surface area contributed by atoms with Crippen molar-refractivity contribution < 1.29 is 0 Å². The third kappa shape index (κ3) is 4.87. The van der Waals surface area contributed by atoms with Crippen molar-refractivity contribution in [2.75, 3.05) is 6.54 Å². The molecule has 0 aliphatic carbocycles. The van der Waals surface area contributed by atoms with Crippen molar-refractivity contribution in [3.8, 4) is 0 Å². The van der Waals surface area contributed by atoms with Crippen molar-refractivity contribution in [2.45, 2.75) is 18.9 Å². The SMILES string of the molecule is S=C(NCCc1ccccc1)N1N=C(c2ccc(Cl)cc2)CC1c1ccc2nccnc2c1. The van der Waals surface area contributed by atoms with E-state index < -0.39 is 0 Å². The van der Waals surface area contributed by atoms with Gasteiger partial charge < -0.3 is 5.32 Å². The maximum Gasteiger partial charge on any atom is 0.190 e. The van der Waals surface area contributed by atoms with E-state index in [1.54, 1.807) is 12.4 Å². The average Bonchev–Trinajstić information content (AvgIpc) is 3.30. The zero-order chi connectivity index (χ0) is 22.6. The van der Waals surface area contributed by atoms with Gasteiger partial charge in [0, 0.05) is 30.4 Å². The molecule has 33 heavy (non-hydrogen) atoms. The number of nitrogens with zero attached hydrogens (tertiary/aromatic N) is 4. The van der Waals surface area contributed by atoms with Gasteiger partial charge in [0.2, 0.25) is 0 Å². The van der Waals surface area contributed by atoms with Gasteiger partial charge in [0.1, 0.15) is 0 Å². The Kier molecular flexibility index (Phi) is 6.28. The van der Waals surface area contributed by atoms with Crippen LogP contribution >= 0.6 is 23.8 Å². The molecule has 3 aromatic carbocycles. The standard InChI is InChI=1S/C26H22ClN5S/c27-21-9-6-19(7-10-21)23-17-25(20-8-11-22-24(16-20)29-15-14-28-22)32(31-23)26(33)30-13-12-18-4-2-1-3-5-18/h1-11,14-16,25H,12-13,17H2,(H,30,33). The zero-order valence-corrected chi connectivity index (χ0v) is 19.4. The highest BCUT2D eigenvalue weighted by Gasteiger charge is 2.31. The molecule has 1 aromatic heterocycles. The van der Waals surface area contributed by atoms with Crippen LogP contribution in [-0.2, 0) is 6.42 Å². The Labute approximate surface area is 203 Å². The van der Waals surface area contributed by atoms with Crippen molar-refractivity contribution in [3.05, 3.63) is 107 Å². The second kappa shape index (κ2) is 9.65. The largest absolute Gasteiger partial charge is 0.361 e. The van der Waals surface area contributed by atoms with E-state index in [2.05, 4.69) is 51.7 Å². The van der Waals surface area contributed by atoms with Crippen LogP contribution in [0.25, 0.3) is 11.0 Å². The van der Waals surface area contributed by atoms with E-state index in [0.29, 0.717) is 10.1 Å². The van der Waals surface area contributed by atoms with Crippen LogP contribution in [0.15, 0.2) is 90.3 Å². The van der Waals surface area contributed by atoms with Gasteiger partial charge in [-0.25, -0.2) is 5.01 Å². The molecule has 0 amide bonds. The highest BCUT2D eigenvalue weighted by Crippen LogP contribution is 2.34. The average molecular weight is 472 g/mol. The van der Waals surface area contributed by atoms with Crippen molar-refractivity contribution >= 4 is 45.7 Å². The number of thiocarbonyl (C=S) groups is 1. The third-order valence-corrected chi connectivity index (χ3v) is 6.29. The molecule has 1 unspecified atom stereocenters. The van der Waals surface area contributed by atoms with Crippen molar-refractivity contribution in [1.82, 2.24) is 20.3 Å². The molecule has 0 radical (unpaired) electrons. The fourth-order valence-corrected chi connectivity index (χ4v) is 4.40. The van der Waals surface area contributed by atoms with Gasteiger partial charge in [0.15, 0.2) is 5.11 Å². The molecule has 0 spiro atoms. The topological polar surface area (TPSA) is 53.4 Å². The molecule has 164 valence electrons. The molecule has 7 heteroatoms. The summed E-state index contributed by atoms with van der Waals surface area (Å²) < 4.78 is 0. The van der Waals surface area contributed by atoms with E-state index >= 15 is 0 Å². The number of hydrogen-bond donors (Lipinski definition) is 1. The third-order valence-electron chi connectivity index (χ3n) is 5.71. The first kappa shape index (κ1) is 21.5. The summed E-state index contributed by atoms with van der Waals surface area (Å²) in [7, 11) is 0. The lowest BCUT2D eigenvalue weighted by atomic mass is 9.98. The molecule has 0 saturated carbocycles. The predicted octanol–water partition coefficient (Wildman–Crippen LogP) is 5.55. The van der Waals surface area contributed by atoms with Gasteiger partial charge in [-0.15, -0.1) is 0 Å². The summed E-state index contributed by atoms with van der Waals surface area (Å²) in [5.41, 5.74) is 6.11. The Morgan fingerprint density at radius 2 is 1.73 bits per heavy atom. The number of hydrazone groups is 1. The summed E-state index contributed by atoms with van der Waals surface area (Å²) in [5.74, 6) is 0. The van der Waals surface area contributed by atoms with Gasteiger partial charge in [-0.3, -0.25) is 9.97 Å². The first-order chi connectivity index (χ1) is 16.2. The van der Waals surface area contributed by atoms with Crippen LogP contribution in [0.3, 0.4) is 0 Å². The molecule has 1 aliphatic heterocycles. The maximum atomic E-state index is 6.09. The summed E-state index contributed by atoms with van der Waals surface area (Å²) in [6.45, 7) is 0.737. The highest BCUT2D eigenvalue weighted by atomic mass is 35.5. The number of fused-ring (bicyclic) bond motifs is 1. The number of benzene rings is 3. The van der Waals surface area contributed by atoms with E-state index in [1.165, 1.54) is 5.56 Å². The fraction of sp³-hybridized carbons (Fsp3) is 0.154. The minimum atomic E-state index is -0.0289. The molecule has 0 saturated heterocycles. The summed E-state index contributed by atoms with van der Waals surface area (Å²) >= 11 is 11.9. The normalized spacial score (nSPS) is 15.5. The van der Waals surface area contributed by atoms with Crippen LogP contribution in [0.5, 0.6) is 0 Å². The van der Waals surface area contributed by atoms with Crippen LogP contribution in [-0.4, -0.2) is 32.3 Å². The van der Waals surface area contributed by atoms with Gasteiger partial charge in [-0.1, -0.05) is 60.1 Å². The molecule has 0 bridgehead atoms. The molecule has 5 nitrogen and oxygen atoms in total. The molecule has 4 aromatic rings. The molecule has 2 heterocycles. The van der Waals surface area contributed by atoms with Gasteiger partial charge >= 0.3 is 0 Å². The Morgan fingerprint density at radius 3 is 2.52 bits per heavy atom. The van der Waals surface area contributed by atoms with Gasteiger partial charge in [-0.2, -0.15) is 5.10 Å². The van der Waals surface area contributed by atoms with E-state index in [4.69, 9.17) is 28.9 Å². The van der Waals surface area contributed by atoms with Crippen LogP contribution in [0, 0.1) is 0 Å². The molecule has 1 N–H and O–H groups in total. The number of aromatic nitrogens is 2. The van der Waals surface area contributed by atoms with Crippen molar-refractivity contribution in [2.24, 2.45) is 5.10 Å². The Bertz CT molecular complexity index is 1310. The molecule has 1 aliphatic rings. The minimum Gasteiger partial charge on any atom is -0.361 e. The van der Waals surface area contributed by atoms with E-state index in [-0.39, 0.29) is 6.04 Å². The summed E-state index contributed by atoms with van der Waals surface area (Å²) in [6.07, 6.45) is 5.04. The lowest BCUT2D eigenvalue weighted by molar-refractivity contribution is 0.364. The lowest BCUT2D eigenvalue weighted by Crippen LogP contribution is -2.37. The highest BCUT2D eigenvalue weighted by molar-refractivity contribution is 7.80. The quantitative estimate of drug-likeness (QED) is 0.387. The second-order valence-corrected chi connectivity index (χ2v) is 8.71. The van der Waals surface area contributed by atoms with Crippen LogP contribution in [0.2, 0.25) is 5.02 Å². The van der Waals surface area contributed by atoms with Crippen LogP contribution in [0.4, 0.5) is 0 Å². The van der Waals surface area contributed by atoms with E-state index in [0.717, 1.165) is 47.3 Å². The molecular weight excluding hydrogens is 450 g/mol.